The predicted molar refractivity (Wildman–Crippen MR) is 78.5 cm³/mol. The monoisotopic (exact) mass is 287 g/mol. The molecule has 1 N–H and O–H groups in total. The molecule has 1 aromatic carbocycles. The number of benzene rings is 1. The summed E-state index contributed by atoms with van der Waals surface area (Å²) in [7, 11) is 1.66. The van der Waals surface area contributed by atoms with Crippen molar-refractivity contribution >= 4 is 11.8 Å². The van der Waals surface area contributed by atoms with Gasteiger partial charge in [0, 0.05) is 31.5 Å². The van der Waals surface area contributed by atoms with Crippen molar-refractivity contribution in [2.45, 2.75) is 13.5 Å². The number of ether oxygens (including phenoxy) is 2. The van der Waals surface area contributed by atoms with Crippen molar-refractivity contribution in [2.24, 2.45) is 0 Å². The van der Waals surface area contributed by atoms with Crippen LogP contribution < -0.4 is 10.1 Å². The van der Waals surface area contributed by atoms with E-state index in [9.17, 15) is 4.39 Å². The molecule has 0 atom stereocenters. The lowest BCUT2D eigenvalue weighted by molar-refractivity contribution is 0.199. The summed E-state index contributed by atoms with van der Waals surface area (Å²) in [5, 5.41) is 3.19. The molecular weight excluding hydrogens is 265 g/mol. The minimum atomic E-state index is -0.237. The van der Waals surface area contributed by atoms with Crippen molar-refractivity contribution in [3.63, 3.8) is 0 Å². The normalized spacial score (nSPS) is 10.7. The maximum Gasteiger partial charge on any atom is 0.124 e. The van der Waals surface area contributed by atoms with Gasteiger partial charge in [-0.25, -0.2) is 4.39 Å². The molecule has 3 nitrogen and oxygen atoms in total. The number of rotatable bonds is 10. The van der Waals surface area contributed by atoms with E-state index in [0.29, 0.717) is 19.8 Å². The second-order valence-corrected chi connectivity index (χ2v) is 5.36. The highest BCUT2D eigenvalue weighted by Gasteiger charge is 2.05. The molecule has 108 valence electrons. The maximum absolute atomic E-state index is 13.3. The van der Waals surface area contributed by atoms with Crippen LogP contribution in [0.4, 0.5) is 4.39 Å². The minimum absolute atomic E-state index is 0.237. The van der Waals surface area contributed by atoms with Crippen molar-refractivity contribution in [3.05, 3.63) is 29.6 Å². The largest absolute Gasteiger partial charge is 0.492 e. The van der Waals surface area contributed by atoms with Crippen molar-refractivity contribution in [1.29, 1.82) is 0 Å². The quantitative estimate of drug-likeness (QED) is 0.670. The van der Waals surface area contributed by atoms with Crippen LogP contribution in [-0.2, 0) is 11.3 Å². The molecule has 0 saturated heterocycles. The van der Waals surface area contributed by atoms with Crippen LogP contribution in [0.15, 0.2) is 18.2 Å². The van der Waals surface area contributed by atoms with Crippen LogP contribution in [0.3, 0.4) is 0 Å². The Labute approximate surface area is 118 Å². The van der Waals surface area contributed by atoms with Crippen LogP contribution in [-0.4, -0.2) is 38.4 Å². The summed E-state index contributed by atoms with van der Waals surface area (Å²) in [6.07, 6.45) is 0. The van der Waals surface area contributed by atoms with Gasteiger partial charge in [-0.15, -0.1) is 0 Å². The molecule has 1 rings (SSSR count). The summed E-state index contributed by atoms with van der Waals surface area (Å²) >= 11 is 1.83. The van der Waals surface area contributed by atoms with Gasteiger partial charge < -0.3 is 14.8 Å². The number of halogens is 1. The first kappa shape index (κ1) is 16.3. The zero-order valence-corrected chi connectivity index (χ0v) is 12.4. The van der Waals surface area contributed by atoms with E-state index in [2.05, 4.69) is 12.2 Å². The van der Waals surface area contributed by atoms with Gasteiger partial charge in [0.25, 0.3) is 0 Å². The number of methoxy groups -OCH3 is 1. The Bertz CT molecular complexity index is 363. The molecule has 0 aliphatic carbocycles. The molecule has 0 amide bonds. The predicted octanol–water partition coefficient (Wildman–Crippen LogP) is 2.69. The highest BCUT2D eigenvalue weighted by atomic mass is 32.2. The number of hydrogen-bond acceptors (Lipinski definition) is 4. The number of nitrogens with one attached hydrogen (secondary N) is 1. The van der Waals surface area contributed by atoms with Gasteiger partial charge >= 0.3 is 0 Å². The average molecular weight is 287 g/mol. The Hall–Kier alpha value is -0.780. The van der Waals surface area contributed by atoms with Crippen LogP contribution in [0, 0.1) is 5.82 Å². The maximum atomic E-state index is 13.3. The highest BCUT2D eigenvalue weighted by Crippen LogP contribution is 2.20. The molecule has 1 aromatic rings. The fraction of sp³-hybridized carbons (Fsp3) is 0.571. The Balaban J connectivity index is 2.48. The third-order valence-electron chi connectivity index (χ3n) is 2.51. The van der Waals surface area contributed by atoms with E-state index in [1.54, 1.807) is 13.2 Å². The molecule has 0 heterocycles. The first-order valence-corrected chi connectivity index (χ1v) is 7.62. The molecule has 0 spiro atoms. The zero-order chi connectivity index (χ0) is 13.9. The number of thioether (sulfide) groups is 1. The molecule has 0 aliphatic heterocycles. The van der Waals surface area contributed by atoms with Gasteiger partial charge in [0.05, 0.1) is 13.2 Å². The van der Waals surface area contributed by atoms with E-state index in [1.165, 1.54) is 12.1 Å². The molecule has 5 heteroatoms. The summed E-state index contributed by atoms with van der Waals surface area (Å²) in [6.45, 7) is 4.72. The van der Waals surface area contributed by atoms with Crippen LogP contribution in [0.5, 0.6) is 5.75 Å². The second kappa shape index (κ2) is 10.1. The van der Waals surface area contributed by atoms with E-state index in [-0.39, 0.29) is 5.82 Å². The Morgan fingerprint density at radius 1 is 1.32 bits per heavy atom. The summed E-state index contributed by atoms with van der Waals surface area (Å²) in [4.78, 5) is 0. The summed E-state index contributed by atoms with van der Waals surface area (Å²) in [6, 6.07) is 4.64. The topological polar surface area (TPSA) is 30.5 Å². The smallest absolute Gasteiger partial charge is 0.124 e. The molecule has 0 saturated carbocycles. The molecule has 0 aliphatic rings. The molecule has 19 heavy (non-hydrogen) atoms. The van der Waals surface area contributed by atoms with Gasteiger partial charge in [0.2, 0.25) is 0 Å². The lowest BCUT2D eigenvalue weighted by atomic mass is 10.2. The first-order chi connectivity index (χ1) is 9.27. The van der Waals surface area contributed by atoms with E-state index in [4.69, 9.17) is 9.47 Å². The van der Waals surface area contributed by atoms with Crippen molar-refractivity contribution in [2.75, 3.05) is 38.4 Å². The van der Waals surface area contributed by atoms with Gasteiger partial charge in [-0.3, -0.25) is 0 Å². The molecule has 0 fully saturated rings. The fourth-order valence-corrected chi connectivity index (χ4v) is 2.07. The van der Waals surface area contributed by atoms with Crippen molar-refractivity contribution in [1.82, 2.24) is 5.32 Å². The Morgan fingerprint density at radius 3 is 2.89 bits per heavy atom. The molecule has 0 aromatic heterocycles. The number of hydrogen-bond donors (Lipinski definition) is 1. The second-order valence-electron chi connectivity index (χ2n) is 3.97. The first-order valence-electron chi connectivity index (χ1n) is 6.46. The van der Waals surface area contributed by atoms with E-state index in [1.807, 2.05) is 11.8 Å². The van der Waals surface area contributed by atoms with Gasteiger partial charge in [0.1, 0.15) is 11.6 Å². The van der Waals surface area contributed by atoms with Crippen LogP contribution in [0.1, 0.15) is 12.5 Å². The molecule has 0 unspecified atom stereocenters. The van der Waals surface area contributed by atoms with Gasteiger partial charge in [-0.05, 0) is 24.0 Å². The molecular formula is C14H22FNO2S. The fourth-order valence-electron chi connectivity index (χ4n) is 1.58. The van der Waals surface area contributed by atoms with Crippen LogP contribution >= 0.6 is 11.8 Å². The van der Waals surface area contributed by atoms with Crippen molar-refractivity contribution < 1.29 is 13.9 Å². The molecule has 0 bridgehead atoms. The summed E-state index contributed by atoms with van der Waals surface area (Å²) in [5.74, 6) is 2.55. The minimum Gasteiger partial charge on any atom is -0.492 e. The third-order valence-corrected chi connectivity index (χ3v) is 3.37. The molecule has 0 radical (unpaired) electrons. The van der Waals surface area contributed by atoms with Crippen LogP contribution in [0.2, 0.25) is 0 Å². The van der Waals surface area contributed by atoms with E-state index < -0.39 is 0 Å². The highest BCUT2D eigenvalue weighted by molar-refractivity contribution is 7.99. The summed E-state index contributed by atoms with van der Waals surface area (Å²) < 4.78 is 23.9. The van der Waals surface area contributed by atoms with Gasteiger partial charge in [-0.2, -0.15) is 11.8 Å². The van der Waals surface area contributed by atoms with Crippen LogP contribution in [0.25, 0.3) is 0 Å². The summed E-state index contributed by atoms with van der Waals surface area (Å²) in [5.41, 5.74) is 0.845. The van der Waals surface area contributed by atoms with Gasteiger partial charge in [-0.1, -0.05) is 6.92 Å². The Morgan fingerprint density at radius 2 is 2.16 bits per heavy atom. The Kier molecular flexibility index (Phi) is 8.62. The van der Waals surface area contributed by atoms with Crippen molar-refractivity contribution in [3.8, 4) is 5.75 Å². The SMILES string of the molecule is CCSCCOc1ccc(F)cc1CNCCOC. The van der Waals surface area contributed by atoms with Gasteiger partial charge in [0.15, 0.2) is 0 Å². The zero-order valence-electron chi connectivity index (χ0n) is 11.6. The third kappa shape index (κ3) is 6.80. The average Bonchev–Trinajstić information content (AvgIpc) is 2.41. The van der Waals surface area contributed by atoms with E-state index >= 15 is 0 Å². The lowest BCUT2D eigenvalue weighted by Crippen LogP contribution is -2.19. The standard InChI is InChI=1S/C14H22FNO2S/c1-3-19-9-8-18-14-5-4-13(15)10-12(14)11-16-6-7-17-2/h4-5,10,16H,3,6-9,11H2,1-2H3. The lowest BCUT2D eigenvalue weighted by Gasteiger charge is -2.12. The van der Waals surface area contributed by atoms with E-state index in [0.717, 1.165) is 29.4 Å².